The van der Waals surface area contributed by atoms with Crippen LogP contribution in [0.5, 0.6) is 11.5 Å². The van der Waals surface area contributed by atoms with E-state index in [4.69, 9.17) is 9.84 Å². The van der Waals surface area contributed by atoms with E-state index in [9.17, 15) is 18.0 Å². The molecule has 0 bridgehead atoms. The second-order valence-corrected chi connectivity index (χ2v) is 4.20. The van der Waals surface area contributed by atoms with Crippen LogP contribution in [0.4, 0.5) is 19.0 Å². The number of benzene rings is 1. The average Bonchev–Trinajstić information content (AvgIpc) is 2.46. The molecule has 0 aliphatic heterocycles. The summed E-state index contributed by atoms with van der Waals surface area (Å²) in [5.41, 5.74) is -0.207. The van der Waals surface area contributed by atoms with Crippen molar-refractivity contribution in [3.05, 3.63) is 47.9 Å². The lowest BCUT2D eigenvalue weighted by Crippen LogP contribution is -2.11. The molecule has 1 aromatic carbocycles. The monoisotopic (exact) mass is 312 g/mol. The van der Waals surface area contributed by atoms with E-state index in [-0.39, 0.29) is 22.9 Å². The third kappa shape index (κ3) is 4.11. The Bertz CT molecular complexity index is 663. The lowest BCUT2D eigenvalue weighted by molar-refractivity contribution is 0.0694. The molecule has 1 aromatic heterocycles. The Morgan fingerprint density at radius 2 is 2.09 bits per heavy atom. The highest BCUT2D eigenvalue weighted by molar-refractivity contribution is 5.90. The Morgan fingerprint density at radius 1 is 1.32 bits per heavy atom. The van der Waals surface area contributed by atoms with E-state index in [0.29, 0.717) is 0 Å². The van der Waals surface area contributed by atoms with Crippen molar-refractivity contribution in [2.75, 3.05) is 11.9 Å². The minimum atomic E-state index is -2.51. The molecule has 0 saturated carbocycles. The Balaban J connectivity index is 2.14. The molecule has 2 rings (SSSR count). The van der Waals surface area contributed by atoms with Crippen LogP contribution in [0.25, 0.3) is 0 Å². The molecular weight excluding hydrogens is 301 g/mol. The van der Waals surface area contributed by atoms with Crippen molar-refractivity contribution in [1.82, 2.24) is 4.98 Å². The van der Waals surface area contributed by atoms with Gasteiger partial charge in [0, 0.05) is 6.07 Å². The molecule has 5 nitrogen and oxygen atoms in total. The molecule has 1 heterocycles. The third-order valence-electron chi connectivity index (χ3n) is 2.58. The molecule has 0 radical (unpaired) electrons. The number of pyridine rings is 1. The minimum absolute atomic E-state index is 0.149. The van der Waals surface area contributed by atoms with Gasteiger partial charge in [0.15, 0.2) is 0 Å². The lowest BCUT2D eigenvalue weighted by atomic mass is 10.2. The van der Waals surface area contributed by atoms with Gasteiger partial charge in [-0.3, -0.25) is 0 Å². The quantitative estimate of drug-likeness (QED) is 0.855. The zero-order chi connectivity index (χ0) is 16.1. The van der Waals surface area contributed by atoms with E-state index in [0.717, 1.165) is 18.2 Å². The zero-order valence-corrected chi connectivity index (χ0v) is 11.1. The fourth-order valence-corrected chi connectivity index (χ4v) is 1.61. The third-order valence-corrected chi connectivity index (χ3v) is 2.58. The van der Waals surface area contributed by atoms with E-state index in [2.05, 4.69) is 10.3 Å². The fraction of sp³-hybridized carbons (Fsp3) is 0.143. The summed E-state index contributed by atoms with van der Waals surface area (Å²) in [7, 11) is 0. The summed E-state index contributed by atoms with van der Waals surface area (Å²) in [5, 5.41) is 11.4. The van der Waals surface area contributed by atoms with Gasteiger partial charge < -0.3 is 15.2 Å². The molecule has 0 aliphatic carbocycles. The van der Waals surface area contributed by atoms with Crippen LogP contribution in [0.1, 0.15) is 10.4 Å². The molecule has 2 aromatic rings. The van der Waals surface area contributed by atoms with Crippen LogP contribution >= 0.6 is 0 Å². The van der Waals surface area contributed by atoms with Gasteiger partial charge in [0.25, 0.3) is 6.43 Å². The van der Waals surface area contributed by atoms with E-state index in [1.54, 1.807) is 0 Å². The van der Waals surface area contributed by atoms with Crippen molar-refractivity contribution in [1.29, 1.82) is 0 Å². The second kappa shape index (κ2) is 6.79. The fourth-order valence-electron chi connectivity index (χ4n) is 1.61. The van der Waals surface area contributed by atoms with E-state index >= 15 is 0 Å². The largest absolute Gasteiger partial charge is 0.478 e. The highest BCUT2D eigenvalue weighted by Crippen LogP contribution is 2.26. The molecule has 0 atom stereocenters. The number of aromatic nitrogens is 1. The number of rotatable bonds is 6. The predicted molar refractivity (Wildman–Crippen MR) is 72.2 cm³/mol. The zero-order valence-electron chi connectivity index (χ0n) is 11.1. The summed E-state index contributed by atoms with van der Waals surface area (Å²) in [6.45, 7) is -0.541. The molecule has 116 valence electrons. The van der Waals surface area contributed by atoms with Crippen molar-refractivity contribution in [3.63, 3.8) is 0 Å². The summed E-state index contributed by atoms with van der Waals surface area (Å²) in [5.74, 6) is -1.73. The molecule has 0 amide bonds. The lowest BCUT2D eigenvalue weighted by Gasteiger charge is -2.09. The number of carboxylic acid groups (broad SMARTS) is 1. The normalized spacial score (nSPS) is 10.5. The SMILES string of the molecule is O=C(O)c1ccc(F)cc1Oc1ccc(NCC(F)F)nc1. The smallest absolute Gasteiger partial charge is 0.339 e. The molecule has 0 unspecified atom stereocenters. The minimum Gasteiger partial charge on any atom is -0.478 e. The summed E-state index contributed by atoms with van der Waals surface area (Å²) in [4.78, 5) is 14.9. The van der Waals surface area contributed by atoms with Crippen LogP contribution in [0.3, 0.4) is 0 Å². The van der Waals surface area contributed by atoms with Crippen molar-refractivity contribution in [2.24, 2.45) is 0 Å². The molecule has 0 spiro atoms. The van der Waals surface area contributed by atoms with Gasteiger partial charge in [-0.05, 0) is 24.3 Å². The average molecular weight is 312 g/mol. The first-order valence-corrected chi connectivity index (χ1v) is 6.14. The van der Waals surface area contributed by atoms with Gasteiger partial charge >= 0.3 is 5.97 Å². The maximum absolute atomic E-state index is 13.2. The number of aromatic carboxylic acids is 1. The molecule has 0 fully saturated rings. The Hall–Kier alpha value is -2.77. The van der Waals surface area contributed by atoms with E-state index in [1.807, 2.05) is 0 Å². The molecule has 22 heavy (non-hydrogen) atoms. The maximum atomic E-state index is 13.2. The van der Waals surface area contributed by atoms with Crippen molar-refractivity contribution < 1.29 is 27.8 Å². The van der Waals surface area contributed by atoms with Crippen molar-refractivity contribution >= 4 is 11.8 Å². The van der Waals surface area contributed by atoms with Gasteiger partial charge in [-0.25, -0.2) is 22.9 Å². The summed E-state index contributed by atoms with van der Waals surface area (Å²) < 4.78 is 42.5. The van der Waals surface area contributed by atoms with Crippen LogP contribution in [0.2, 0.25) is 0 Å². The molecule has 8 heteroatoms. The first-order valence-electron chi connectivity index (χ1n) is 6.14. The van der Waals surface area contributed by atoms with Crippen molar-refractivity contribution in [2.45, 2.75) is 6.43 Å². The van der Waals surface area contributed by atoms with Crippen molar-refractivity contribution in [3.8, 4) is 11.5 Å². The molecule has 2 N–H and O–H groups in total. The number of hydrogen-bond donors (Lipinski definition) is 2. The van der Waals surface area contributed by atoms with Crippen LogP contribution in [0.15, 0.2) is 36.5 Å². The number of halogens is 3. The number of hydrogen-bond acceptors (Lipinski definition) is 4. The number of nitrogens with one attached hydrogen (secondary N) is 1. The van der Waals surface area contributed by atoms with Crippen LogP contribution in [0, 0.1) is 5.82 Å². The molecular formula is C14H11F3N2O3. The number of carboxylic acids is 1. The van der Waals surface area contributed by atoms with Gasteiger partial charge in [0.1, 0.15) is 28.7 Å². The number of alkyl halides is 2. The number of anilines is 1. The first-order chi connectivity index (χ1) is 10.5. The van der Waals surface area contributed by atoms with Crippen LogP contribution < -0.4 is 10.1 Å². The summed E-state index contributed by atoms with van der Waals surface area (Å²) in [6, 6.07) is 5.81. The highest BCUT2D eigenvalue weighted by atomic mass is 19.3. The van der Waals surface area contributed by atoms with Gasteiger partial charge in [-0.2, -0.15) is 0 Å². The molecule has 0 saturated heterocycles. The Morgan fingerprint density at radius 3 is 2.68 bits per heavy atom. The van der Waals surface area contributed by atoms with Crippen LogP contribution in [-0.2, 0) is 0 Å². The second-order valence-electron chi connectivity index (χ2n) is 4.20. The Kier molecular flexibility index (Phi) is 4.82. The number of ether oxygens (including phenoxy) is 1. The standard InChI is InChI=1S/C14H11F3N2O3/c15-8-1-3-10(14(20)21)11(5-8)22-9-2-4-13(18-6-9)19-7-12(16)17/h1-6,12H,7H2,(H,18,19)(H,20,21). The highest BCUT2D eigenvalue weighted by Gasteiger charge is 2.13. The van der Waals surface area contributed by atoms with Crippen LogP contribution in [-0.4, -0.2) is 29.0 Å². The number of nitrogens with zero attached hydrogens (tertiary/aromatic N) is 1. The van der Waals surface area contributed by atoms with Gasteiger partial charge in [0.2, 0.25) is 0 Å². The Labute approximate surface area is 123 Å². The summed E-state index contributed by atoms with van der Waals surface area (Å²) >= 11 is 0. The van der Waals surface area contributed by atoms with Gasteiger partial charge in [-0.15, -0.1) is 0 Å². The predicted octanol–water partition coefficient (Wildman–Crippen LogP) is 3.39. The molecule has 0 aliphatic rings. The van der Waals surface area contributed by atoms with E-state index < -0.39 is 24.8 Å². The maximum Gasteiger partial charge on any atom is 0.339 e. The van der Waals surface area contributed by atoms with E-state index in [1.165, 1.54) is 18.3 Å². The summed E-state index contributed by atoms with van der Waals surface area (Å²) in [6.07, 6.45) is -1.30. The number of carbonyl (C=O) groups is 1. The van der Waals surface area contributed by atoms with Gasteiger partial charge in [0.05, 0.1) is 12.7 Å². The first kappa shape index (κ1) is 15.6. The van der Waals surface area contributed by atoms with Gasteiger partial charge in [-0.1, -0.05) is 0 Å². The topological polar surface area (TPSA) is 71.5 Å².